The second-order valence-electron chi connectivity index (χ2n) is 5.76. The van der Waals surface area contributed by atoms with E-state index in [0.717, 1.165) is 0 Å². The maximum Gasteiger partial charge on any atom is 0.291 e. The number of anilines is 1. The number of rotatable bonds is 5. The lowest BCUT2D eigenvalue weighted by molar-refractivity contribution is -0.118. The number of fused-ring (bicyclic) bond motifs is 1. The van der Waals surface area contributed by atoms with E-state index in [2.05, 4.69) is 15.4 Å². The minimum absolute atomic E-state index is 0.184. The Labute approximate surface area is 167 Å². The lowest BCUT2D eigenvalue weighted by Gasteiger charge is -2.10. The number of nitrogens with one attached hydrogen (secondary N) is 1. The summed E-state index contributed by atoms with van der Waals surface area (Å²) < 4.78 is 7.33. The van der Waals surface area contributed by atoms with Gasteiger partial charge in [-0.15, -0.1) is 0 Å². The topological polar surface area (TPSA) is 85.6 Å². The minimum atomic E-state index is -0.296. The number of para-hydroxylation sites is 1. The third kappa shape index (κ3) is 3.88. The van der Waals surface area contributed by atoms with Crippen LogP contribution in [0.3, 0.4) is 0 Å². The number of aromatic nitrogens is 3. The van der Waals surface area contributed by atoms with E-state index in [4.69, 9.17) is 16.3 Å². The number of hydrogen-bond acceptors (Lipinski definition) is 6. The molecule has 9 heteroatoms. The average Bonchev–Trinajstić information content (AvgIpc) is 3.25. The van der Waals surface area contributed by atoms with Gasteiger partial charge in [-0.1, -0.05) is 41.1 Å². The van der Waals surface area contributed by atoms with Crippen LogP contribution in [0.1, 0.15) is 5.56 Å². The maximum absolute atomic E-state index is 12.4. The fourth-order valence-corrected chi connectivity index (χ4v) is 3.60. The number of carbonyl (C=O) groups is 1. The van der Waals surface area contributed by atoms with E-state index in [1.807, 2.05) is 18.2 Å². The Bertz CT molecular complexity index is 1250. The molecular weight excluding hydrogens is 400 g/mol. The highest BCUT2D eigenvalue weighted by Gasteiger charge is 2.10. The Morgan fingerprint density at radius 1 is 1.25 bits per heavy atom. The molecule has 4 rings (SSSR count). The number of thiazole rings is 1. The molecule has 0 saturated carbocycles. The van der Waals surface area contributed by atoms with Crippen LogP contribution in [0, 0.1) is 0 Å². The van der Waals surface area contributed by atoms with Gasteiger partial charge in [-0.25, -0.2) is 4.98 Å². The molecule has 0 aliphatic heterocycles. The first kappa shape index (κ1) is 18.1. The molecule has 1 amide bonds. The molecule has 4 aromatic rings. The third-order valence-electron chi connectivity index (χ3n) is 3.80. The van der Waals surface area contributed by atoms with Crippen molar-refractivity contribution < 1.29 is 9.53 Å². The smallest absolute Gasteiger partial charge is 0.291 e. The lowest BCUT2D eigenvalue weighted by atomic mass is 10.2. The van der Waals surface area contributed by atoms with Crippen LogP contribution in [0.15, 0.2) is 59.7 Å². The highest BCUT2D eigenvalue weighted by atomic mass is 35.5. The molecule has 0 aliphatic rings. The van der Waals surface area contributed by atoms with E-state index in [9.17, 15) is 9.59 Å². The van der Waals surface area contributed by atoms with Gasteiger partial charge < -0.3 is 10.1 Å². The molecule has 0 unspecified atom stereocenters. The van der Waals surface area contributed by atoms with Gasteiger partial charge in [0.25, 0.3) is 11.5 Å². The SMILES string of the molecule is O=C(COc1ccc(Cl)cc1/C=c1\sc2ncnn2c1=O)Nc1ccccc1. The molecule has 2 aromatic carbocycles. The largest absolute Gasteiger partial charge is 0.483 e. The van der Waals surface area contributed by atoms with Crippen molar-refractivity contribution in [1.29, 1.82) is 0 Å². The molecule has 7 nitrogen and oxygen atoms in total. The van der Waals surface area contributed by atoms with Gasteiger partial charge in [0.2, 0.25) is 4.96 Å². The Morgan fingerprint density at radius 3 is 2.86 bits per heavy atom. The van der Waals surface area contributed by atoms with Crippen molar-refractivity contribution in [1.82, 2.24) is 14.6 Å². The van der Waals surface area contributed by atoms with Gasteiger partial charge in [0.15, 0.2) is 6.61 Å². The first-order chi connectivity index (χ1) is 13.6. The van der Waals surface area contributed by atoms with Crippen molar-refractivity contribution in [2.24, 2.45) is 0 Å². The van der Waals surface area contributed by atoms with E-state index in [-0.39, 0.29) is 18.1 Å². The Morgan fingerprint density at radius 2 is 2.07 bits per heavy atom. The van der Waals surface area contributed by atoms with Crippen LogP contribution in [-0.4, -0.2) is 27.1 Å². The van der Waals surface area contributed by atoms with Gasteiger partial charge in [-0.3, -0.25) is 9.59 Å². The zero-order chi connectivity index (χ0) is 19.5. The van der Waals surface area contributed by atoms with Crippen LogP contribution in [0.5, 0.6) is 5.75 Å². The fraction of sp³-hybridized carbons (Fsp3) is 0.0526. The van der Waals surface area contributed by atoms with Crippen molar-refractivity contribution >= 4 is 45.6 Å². The molecule has 0 saturated heterocycles. The zero-order valence-corrected chi connectivity index (χ0v) is 15.9. The summed E-state index contributed by atoms with van der Waals surface area (Å²) in [6.07, 6.45) is 2.98. The Hall–Kier alpha value is -3.23. The zero-order valence-electron chi connectivity index (χ0n) is 14.3. The fourth-order valence-electron chi connectivity index (χ4n) is 2.54. The Kier molecular flexibility index (Phi) is 5.05. The number of benzene rings is 2. The average molecular weight is 413 g/mol. The van der Waals surface area contributed by atoms with Crippen LogP contribution in [-0.2, 0) is 4.79 Å². The number of nitrogens with zero attached hydrogens (tertiary/aromatic N) is 3. The quantitative estimate of drug-likeness (QED) is 0.544. The molecule has 0 radical (unpaired) electrons. The second-order valence-corrected chi connectivity index (χ2v) is 7.20. The van der Waals surface area contributed by atoms with Gasteiger partial charge in [0.1, 0.15) is 12.1 Å². The number of ether oxygens (including phenoxy) is 1. The van der Waals surface area contributed by atoms with Crippen molar-refractivity contribution in [2.75, 3.05) is 11.9 Å². The standard InChI is InChI=1S/C19H13ClN4O3S/c20-13-6-7-15(27-10-17(25)23-14-4-2-1-3-5-14)12(8-13)9-16-18(26)24-19(28-16)21-11-22-24/h1-9,11H,10H2,(H,23,25)/b16-9-. The molecule has 0 spiro atoms. The summed E-state index contributed by atoms with van der Waals surface area (Å²) in [7, 11) is 0. The second kappa shape index (κ2) is 7.79. The van der Waals surface area contributed by atoms with Crippen molar-refractivity contribution in [3.63, 3.8) is 0 Å². The van der Waals surface area contributed by atoms with Crippen molar-refractivity contribution in [3.05, 3.63) is 80.3 Å². The van der Waals surface area contributed by atoms with Crippen LogP contribution >= 0.6 is 22.9 Å². The molecule has 1 N–H and O–H groups in total. The first-order valence-corrected chi connectivity index (χ1v) is 9.41. The summed E-state index contributed by atoms with van der Waals surface area (Å²) in [6.45, 7) is -0.184. The summed E-state index contributed by atoms with van der Waals surface area (Å²) in [4.78, 5) is 29.0. The van der Waals surface area contributed by atoms with Gasteiger partial charge in [-0.2, -0.15) is 9.61 Å². The highest BCUT2D eigenvalue weighted by Crippen LogP contribution is 2.24. The normalized spacial score (nSPS) is 11.7. The molecule has 140 valence electrons. The molecule has 28 heavy (non-hydrogen) atoms. The molecule has 0 atom stereocenters. The van der Waals surface area contributed by atoms with Crippen LogP contribution < -0.4 is 20.1 Å². The van der Waals surface area contributed by atoms with Crippen LogP contribution in [0.4, 0.5) is 5.69 Å². The van der Waals surface area contributed by atoms with Gasteiger partial charge >= 0.3 is 0 Å². The van der Waals surface area contributed by atoms with Crippen molar-refractivity contribution in [2.45, 2.75) is 0 Å². The number of halogens is 1. The summed E-state index contributed by atoms with van der Waals surface area (Å²) in [5.74, 6) is 0.140. The maximum atomic E-state index is 12.4. The predicted molar refractivity (Wildman–Crippen MR) is 108 cm³/mol. The molecule has 0 bridgehead atoms. The molecule has 2 heterocycles. The van der Waals surface area contributed by atoms with Crippen LogP contribution in [0.25, 0.3) is 11.0 Å². The van der Waals surface area contributed by atoms with E-state index < -0.39 is 0 Å². The molecular formula is C19H13ClN4O3S. The van der Waals surface area contributed by atoms with Gasteiger partial charge in [-0.05, 0) is 36.4 Å². The van der Waals surface area contributed by atoms with Gasteiger partial charge in [0.05, 0.1) is 4.53 Å². The monoisotopic (exact) mass is 412 g/mol. The summed E-state index contributed by atoms with van der Waals surface area (Å²) in [6, 6.07) is 14.1. The number of amides is 1. The van der Waals surface area contributed by atoms with Crippen molar-refractivity contribution in [3.8, 4) is 5.75 Å². The van der Waals surface area contributed by atoms with Crippen LogP contribution in [0.2, 0.25) is 5.02 Å². The molecule has 2 aromatic heterocycles. The number of hydrogen-bond donors (Lipinski definition) is 1. The summed E-state index contributed by atoms with van der Waals surface area (Å²) >= 11 is 7.30. The number of carbonyl (C=O) groups excluding carboxylic acids is 1. The minimum Gasteiger partial charge on any atom is -0.483 e. The highest BCUT2D eigenvalue weighted by molar-refractivity contribution is 7.15. The first-order valence-electron chi connectivity index (χ1n) is 8.22. The third-order valence-corrected chi connectivity index (χ3v) is 5.00. The summed E-state index contributed by atoms with van der Waals surface area (Å²) in [5.41, 5.74) is 0.997. The summed E-state index contributed by atoms with van der Waals surface area (Å²) in [5, 5.41) is 7.13. The van der Waals surface area contributed by atoms with E-state index in [1.54, 1.807) is 36.4 Å². The lowest BCUT2D eigenvalue weighted by Crippen LogP contribution is -2.24. The molecule has 0 fully saturated rings. The predicted octanol–water partition coefficient (Wildman–Crippen LogP) is 2.37. The molecule has 0 aliphatic carbocycles. The van der Waals surface area contributed by atoms with E-state index >= 15 is 0 Å². The Balaban J connectivity index is 1.58. The van der Waals surface area contributed by atoms with E-state index in [0.29, 0.717) is 31.5 Å². The van der Waals surface area contributed by atoms with Gasteiger partial charge in [0, 0.05) is 16.3 Å². The van der Waals surface area contributed by atoms with E-state index in [1.165, 1.54) is 22.2 Å².